The van der Waals surface area contributed by atoms with Crippen LogP contribution in [0.3, 0.4) is 0 Å². The summed E-state index contributed by atoms with van der Waals surface area (Å²) in [5.41, 5.74) is 1.78. The molecule has 7 nitrogen and oxygen atoms in total. The molecular formula is C21H20N4O3S. The summed E-state index contributed by atoms with van der Waals surface area (Å²) in [7, 11) is 0. The van der Waals surface area contributed by atoms with Crippen molar-refractivity contribution in [2.24, 2.45) is 0 Å². The lowest BCUT2D eigenvalue weighted by Gasteiger charge is -2.12. The van der Waals surface area contributed by atoms with Crippen molar-refractivity contribution in [2.75, 3.05) is 5.32 Å². The maximum absolute atomic E-state index is 12.9. The van der Waals surface area contributed by atoms with Gasteiger partial charge >= 0.3 is 0 Å². The molecule has 2 amide bonds. The second kappa shape index (κ2) is 7.11. The maximum Gasteiger partial charge on any atom is 0.262 e. The number of hydrogen-bond acceptors (Lipinski definition) is 5. The number of amides is 2. The summed E-state index contributed by atoms with van der Waals surface area (Å²) in [5.74, 6) is -0.565. The van der Waals surface area contributed by atoms with E-state index in [2.05, 4.69) is 15.6 Å². The molecule has 2 N–H and O–H groups in total. The van der Waals surface area contributed by atoms with Gasteiger partial charge in [-0.05, 0) is 49.8 Å². The van der Waals surface area contributed by atoms with Crippen LogP contribution in [0.25, 0.3) is 10.2 Å². The van der Waals surface area contributed by atoms with Crippen molar-refractivity contribution in [2.45, 2.75) is 44.7 Å². The Bertz CT molecular complexity index is 1190. The molecule has 0 atom stereocenters. The van der Waals surface area contributed by atoms with Gasteiger partial charge < -0.3 is 10.6 Å². The maximum atomic E-state index is 12.9. The number of aromatic nitrogens is 2. The van der Waals surface area contributed by atoms with Crippen molar-refractivity contribution in [1.29, 1.82) is 0 Å². The van der Waals surface area contributed by atoms with Crippen molar-refractivity contribution in [3.63, 3.8) is 0 Å². The number of hydrogen-bond donors (Lipinski definition) is 2. The Morgan fingerprint density at radius 2 is 2.03 bits per heavy atom. The summed E-state index contributed by atoms with van der Waals surface area (Å²) in [6.45, 7) is -0.148. The van der Waals surface area contributed by atoms with Crippen LogP contribution in [0, 0.1) is 0 Å². The minimum Gasteiger partial charge on any atom is -0.349 e. The number of carbonyl (C=O) groups is 2. The van der Waals surface area contributed by atoms with Gasteiger partial charge in [0, 0.05) is 10.9 Å². The van der Waals surface area contributed by atoms with Gasteiger partial charge in [0.1, 0.15) is 11.4 Å². The lowest BCUT2D eigenvalue weighted by molar-refractivity contribution is -0.116. The number of rotatable bonds is 5. The lowest BCUT2D eigenvalue weighted by atomic mass is 10.1. The third kappa shape index (κ3) is 3.44. The van der Waals surface area contributed by atoms with Crippen molar-refractivity contribution in [1.82, 2.24) is 14.9 Å². The smallest absolute Gasteiger partial charge is 0.262 e. The predicted octanol–water partition coefficient (Wildman–Crippen LogP) is 2.48. The van der Waals surface area contributed by atoms with Crippen LogP contribution in [0.2, 0.25) is 0 Å². The zero-order chi connectivity index (χ0) is 20.0. The van der Waals surface area contributed by atoms with Crippen LogP contribution in [-0.2, 0) is 24.2 Å². The van der Waals surface area contributed by atoms with E-state index in [1.54, 1.807) is 35.6 Å². The van der Waals surface area contributed by atoms with E-state index in [9.17, 15) is 14.4 Å². The summed E-state index contributed by atoms with van der Waals surface area (Å²) in [5, 5.41) is 6.35. The average Bonchev–Trinajstić information content (AvgIpc) is 3.27. The normalized spacial score (nSPS) is 15.3. The van der Waals surface area contributed by atoms with Crippen molar-refractivity contribution < 1.29 is 9.59 Å². The Morgan fingerprint density at radius 1 is 1.21 bits per heavy atom. The molecule has 0 bridgehead atoms. The van der Waals surface area contributed by atoms with Crippen LogP contribution in [-0.4, -0.2) is 27.4 Å². The van der Waals surface area contributed by atoms with Crippen LogP contribution >= 0.6 is 11.3 Å². The highest BCUT2D eigenvalue weighted by Gasteiger charge is 2.25. The van der Waals surface area contributed by atoms with Gasteiger partial charge in [-0.2, -0.15) is 0 Å². The minimum atomic E-state index is -0.369. The fourth-order valence-corrected chi connectivity index (χ4v) is 4.98. The van der Waals surface area contributed by atoms with Gasteiger partial charge in [0.2, 0.25) is 5.91 Å². The summed E-state index contributed by atoms with van der Waals surface area (Å²) in [4.78, 5) is 44.3. The number of thiophene rings is 1. The molecule has 2 aliphatic carbocycles. The van der Waals surface area contributed by atoms with Crippen LogP contribution in [0.4, 0.5) is 5.69 Å². The Morgan fingerprint density at radius 3 is 2.86 bits per heavy atom. The number of fused-ring (bicyclic) bond motifs is 3. The van der Waals surface area contributed by atoms with Gasteiger partial charge in [-0.1, -0.05) is 12.1 Å². The number of nitrogens with one attached hydrogen (secondary N) is 2. The minimum absolute atomic E-state index is 0.148. The highest BCUT2D eigenvalue weighted by molar-refractivity contribution is 7.18. The molecule has 3 aromatic rings. The van der Waals surface area contributed by atoms with Gasteiger partial charge in [0.15, 0.2) is 0 Å². The van der Waals surface area contributed by atoms with E-state index < -0.39 is 0 Å². The molecule has 148 valence electrons. The Kier molecular flexibility index (Phi) is 4.43. The average molecular weight is 408 g/mol. The van der Waals surface area contributed by atoms with Gasteiger partial charge in [0.05, 0.1) is 23.0 Å². The van der Waals surface area contributed by atoms with Crippen molar-refractivity contribution in [3.8, 4) is 0 Å². The second-order valence-corrected chi connectivity index (χ2v) is 8.64. The largest absolute Gasteiger partial charge is 0.349 e. The number of para-hydroxylation sites is 1. The second-order valence-electron chi connectivity index (χ2n) is 7.56. The van der Waals surface area contributed by atoms with E-state index in [1.165, 1.54) is 15.8 Å². The van der Waals surface area contributed by atoms with E-state index in [1.807, 2.05) is 0 Å². The quantitative estimate of drug-likeness (QED) is 0.678. The van der Waals surface area contributed by atoms with Crippen LogP contribution in [0.15, 0.2) is 35.4 Å². The molecule has 0 saturated heterocycles. The molecule has 0 spiro atoms. The number of aryl methyl sites for hydroxylation is 2. The molecule has 1 fully saturated rings. The summed E-state index contributed by atoms with van der Waals surface area (Å²) >= 11 is 1.58. The molecule has 5 rings (SSSR count). The standard InChI is InChI=1S/C21H20N4O3S/c26-17(24-15-6-2-1-4-13(15)19(27)23-12-8-9-12)10-25-11-22-20-18(21(25)28)14-5-3-7-16(14)29-20/h1-2,4,6,11-12H,3,5,7-10H2,(H,23,27)(H,24,26). The monoisotopic (exact) mass is 408 g/mol. The van der Waals surface area contributed by atoms with E-state index in [0.717, 1.165) is 42.5 Å². The predicted molar refractivity (Wildman–Crippen MR) is 111 cm³/mol. The van der Waals surface area contributed by atoms with Gasteiger partial charge in [-0.15, -0.1) is 11.3 Å². The first-order valence-corrected chi connectivity index (χ1v) is 10.6. The first-order valence-electron chi connectivity index (χ1n) is 9.79. The van der Waals surface area contributed by atoms with E-state index in [0.29, 0.717) is 16.6 Å². The molecule has 0 aliphatic heterocycles. The van der Waals surface area contributed by atoms with Crippen molar-refractivity contribution >= 4 is 39.1 Å². The molecule has 29 heavy (non-hydrogen) atoms. The molecule has 0 radical (unpaired) electrons. The molecular weight excluding hydrogens is 388 g/mol. The number of benzene rings is 1. The molecule has 1 saturated carbocycles. The number of nitrogens with zero attached hydrogens (tertiary/aromatic N) is 2. The Hall–Kier alpha value is -3.00. The third-order valence-corrected chi connectivity index (χ3v) is 6.56. The molecule has 0 unspecified atom stereocenters. The molecule has 1 aromatic carbocycles. The van der Waals surface area contributed by atoms with Crippen LogP contribution in [0.5, 0.6) is 0 Å². The molecule has 8 heteroatoms. The topological polar surface area (TPSA) is 93.1 Å². The van der Waals surface area contributed by atoms with E-state index in [4.69, 9.17) is 0 Å². The van der Waals surface area contributed by atoms with E-state index >= 15 is 0 Å². The highest BCUT2D eigenvalue weighted by atomic mass is 32.1. The lowest BCUT2D eigenvalue weighted by Crippen LogP contribution is -2.30. The van der Waals surface area contributed by atoms with Gasteiger partial charge in [0.25, 0.3) is 11.5 Å². The summed E-state index contributed by atoms with van der Waals surface area (Å²) in [6, 6.07) is 7.13. The Balaban J connectivity index is 1.37. The SMILES string of the molecule is O=C(Cn1cnc2sc3c(c2c1=O)CCC3)Nc1ccccc1C(=O)NC1CC1. The van der Waals surface area contributed by atoms with Gasteiger partial charge in [-0.3, -0.25) is 19.0 Å². The van der Waals surface area contributed by atoms with Crippen LogP contribution in [0.1, 0.15) is 40.1 Å². The number of carbonyl (C=O) groups excluding carboxylic acids is 2. The van der Waals surface area contributed by atoms with E-state index in [-0.39, 0.29) is 30.0 Å². The fourth-order valence-electron chi connectivity index (χ4n) is 3.76. The summed E-state index contributed by atoms with van der Waals surface area (Å²) < 4.78 is 1.34. The summed E-state index contributed by atoms with van der Waals surface area (Å²) in [6.07, 6.45) is 6.37. The zero-order valence-corrected chi connectivity index (χ0v) is 16.6. The first kappa shape index (κ1) is 18.1. The zero-order valence-electron chi connectivity index (χ0n) is 15.7. The third-order valence-electron chi connectivity index (χ3n) is 5.36. The van der Waals surface area contributed by atoms with Crippen molar-refractivity contribution in [3.05, 3.63) is 57.0 Å². The molecule has 2 aliphatic rings. The highest BCUT2D eigenvalue weighted by Crippen LogP contribution is 2.34. The number of anilines is 1. The Labute approximate surface area is 170 Å². The first-order chi connectivity index (χ1) is 14.1. The molecule has 2 aromatic heterocycles. The van der Waals surface area contributed by atoms with Crippen LogP contribution < -0.4 is 16.2 Å². The van der Waals surface area contributed by atoms with Gasteiger partial charge in [-0.25, -0.2) is 4.98 Å². The fraction of sp³-hybridized carbons (Fsp3) is 0.333. The molecule has 2 heterocycles.